The van der Waals surface area contributed by atoms with E-state index in [9.17, 15) is 35.1 Å². The van der Waals surface area contributed by atoms with Gasteiger partial charge >= 0.3 is 18.0 Å². The number of nitrogens with zero attached hydrogens (tertiary/aromatic N) is 3. The minimum absolute atomic E-state index is 0.0496. The maximum Gasteiger partial charge on any atom is 0.422 e. The summed E-state index contributed by atoms with van der Waals surface area (Å²) < 4.78 is 111. The molecule has 1 heterocycles. The third-order valence-corrected chi connectivity index (χ3v) is 4.35. The number of nitrogens with two attached hydrogens (primary N) is 2. The Kier molecular flexibility index (Phi) is 6.69. The van der Waals surface area contributed by atoms with Crippen LogP contribution in [-0.2, 0) is 19.1 Å². The number of rotatable bonds is 7. The molecular formula is C18H20F8N6. The van der Waals surface area contributed by atoms with Crippen molar-refractivity contribution < 1.29 is 35.1 Å². The van der Waals surface area contributed by atoms with Crippen LogP contribution in [0, 0.1) is 5.82 Å². The van der Waals surface area contributed by atoms with Crippen LogP contribution in [0.1, 0.15) is 30.7 Å². The Morgan fingerprint density at radius 2 is 1.78 bits per heavy atom. The van der Waals surface area contributed by atoms with Gasteiger partial charge in [0.2, 0.25) is 0 Å². The SMILES string of the molecule is CCNc1cccc(/C(N)=C/N(N)c2c(C(F)(F)F)c(C(F)(F)C(C)(F)F)nn2C)c1F. The molecule has 6 nitrogen and oxygen atoms in total. The van der Waals surface area contributed by atoms with Gasteiger partial charge in [0, 0.05) is 32.3 Å². The van der Waals surface area contributed by atoms with Gasteiger partial charge in [0.15, 0.2) is 17.3 Å². The summed E-state index contributed by atoms with van der Waals surface area (Å²) in [4.78, 5) is 0. The van der Waals surface area contributed by atoms with Gasteiger partial charge in [0.05, 0.1) is 11.4 Å². The lowest BCUT2D eigenvalue weighted by molar-refractivity contribution is -0.212. The average Bonchev–Trinajstić information content (AvgIpc) is 3.01. The zero-order valence-electron chi connectivity index (χ0n) is 17.0. The van der Waals surface area contributed by atoms with E-state index in [1.807, 2.05) is 0 Å². The van der Waals surface area contributed by atoms with Gasteiger partial charge in [-0.15, -0.1) is 0 Å². The monoisotopic (exact) mass is 472 g/mol. The molecule has 2 aromatic rings. The minimum Gasteiger partial charge on any atom is -0.397 e. The molecule has 0 spiro atoms. The molecule has 1 aromatic carbocycles. The Hall–Kier alpha value is -3.03. The van der Waals surface area contributed by atoms with Gasteiger partial charge < -0.3 is 11.1 Å². The molecule has 0 aliphatic carbocycles. The normalized spacial score (nSPS) is 13.4. The molecule has 0 unspecified atom stereocenters. The number of anilines is 2. The number of hydrogen-bond donors (Lipinski definition) is 3. The van der Waals surface area contributed by atoms with Crippen molar-refractivity contribution in [2.24, 2.45) is 18.6 Å². The summed E-state index contributed by atoms with van der Waals surface area (Å²) in [6.07, 6.45) is -4.91. The van der Waals surface area contributed by atoms with E-state index < -0.39 is 46.6 Å². The number of nitrogens with one attached hydrogen (secondary N) is 1. The molecule has 0 saturated heterocycles. The molecule has 0 atom stereocenters. The molecule has 0 radical (unpaired) electrons. The van der Waals surface area contributed by atoms with Crippen LogP contribution in [0.4, 0.5) is 46.6 Å². The minimum atomic E-state index is -5.54. The fourth-order valence-electron chi connectivity index (χ4n) is 2.86. The molecule has 1 aromatic heterocycles. The molecular weight excluding hydrogens is 452 g/mol. The molecule has 32 heavy (non-hydrogen) atoms. The Bertz CT molecular complexity index is 1010. The Labute approximate surface area is 177 Å². The molecule has 0 bridgehead atoms. The van der Waals surface area contributed by atoms with Crippen molar-refractivity contribution in [3.05, 3.63) is 47.0 Å². The first-order valence-electron chi connectivity index (χ1n) is 8.98. The number of benzene rings is 1. The summed E-state index contributed by atoms with van der Waals surface area (Å²) in [5, 5.41) is 5.84. The first-order chi connectivity index (χ1) is 14.5. The van der Waals surface area contributed by atoms with E-state index in [0.717, 1.165) is 7.05 Å². The predicted molar refractivity (Wildman–Crippen MR) is 102 cm³/mol. The number of aryl methyl sites for hydroxylation is 1. The van der Waals surface area contributed by atoms with Crippen LogP contribution in [-0.4, -0.2) is 22.2 Å². The van der Waals surface area contributed by atoms with Crippen LogP contribution in [0.2, 0.25) is 0 Å². The van der Waals surface area contributed by atoms with Crippen LogP contribution in [0.15, 0.2) is 24.4 Å². The van der Waals surface area contributed by atoms with E-state index in [2.05, 4.69) is 10.4 Å². The summed E-state index contributed by atoms with van der Waals surface area (Å²) in [5.41, 5.74) is 0.707. The Morgan fingerprint density at radius 1 is 1.19 bits per heavy atom. The second kappa shape index (κ2) is 8.48. The van der Waals surface area contributed by atoms with Crippen LogP contribution in [0.3, 0.4) is 0 Å². The standard InChI is InChI=1S/C18H20F8N6/c1-4-29-11-7-5-6-9(13(11)19)10(27)8-32(28)15-12(18(24,25)26)14(30-31(15)3)17(22,23)16(2,20)21/h5-8,29H,4,27-28H2,1-3H3/b10-8-. The van der Waals surface area contributed by atoms with Crippen LogP contribution in [0.25, 0.3) is 5.70 Å². The van der Waals surface area contributed by atoms with Crippen molar-refractivity contribution in [1.82, 2.24) is 9.78 Å². The lowest BCUT2D eigenvalue weighted by atomic mass is 10.0. The Morgan fingerprint density at radius 3 is 2.28 bits per heavy atom. The van der Waals surface area contributed by atoms with Crippen molar-refractivity contribution in [3.8, 4) is 0 Å². The number of halogens is 8. The molecule has 5 N–H and O–H groups in total. The largest absolute Gasteiger partial charge is 0.422 e. The summed E-state index contributed by atoms with van der Waals surface area (Å²) in [6.45, 7) is 1.82. The lowest BCUT2D eigenvalue weighted by Gasteiger charge is -2.23. The third kappa shape index (κ3) is 4.59. The average molecular weight is 472 g/mol. The molecule has 0 fully saturated rings. The van der Waals surface area contributed by atoms with Crippen molar-refractivity contribution in [2.45, 2.75) is 31.9 Å². The zero-order chi connectivity index (χ0) is 24.6. The highest BCUT2D eigenvalue weighted by Crippen LogP contribution is 2.49. The highest BCUT2D eigenvalue weighted by atomic mass is 19.4. The highest BCUT2D eigenvalue weighted by Gasteiger charge is 2.60. The van der Waals surface area contributed by atoms with Crippen molar-refractivity contribution in [1.29, 1.82) is 0 Å². The van der Waals surface area contributed by atoms with Gasteiger partial charge in [-0.2, -0.15) is 35.8 Å². The molecule has 0 amide bonds. The first-order valence-corrected chi connectivity index (χ1v) is 8.98. The summed E-state index contributed by atoms with van der Waals surface area (Å²) >= 11 is 0. The van der Waals surface area contributed by atoms with Gasteiger partial charge in [-0.1, -0.05) is 6.07 Å². The van der Waals surface area contributed by atoms with E-state index in [-0.39, 0.29) is 27.9 Å². The van der Waals surface area contributed by atoms with E-state index in [1.165, 1.54) is 18.2 Å². The van der Waals surface area contributed by atoms with Gasteiger partial charge in [-0.25, -0.2) is 10.2 Å². The molecule has 2 rings (SSSR count). The molecule has 0 aliphatic heterocycles. The topological polar surface area (TPSA) is 85.1 Å². The summed E-state index contributed by atoms with van der Waals surface area (Å²) in [6, 6.07) is 4.00. The quantitative estimate of drug-likeness (QED) is 0.316. The first kappa shape index (κ1) is 25.2. The van der Waals surface area contributed by atoms with E-state index >= 15 is 0 Å². The van der Waals surface area contributed by atoms with Crippen molar-refractivity contribution in [2.75, 3.05) is 16.9 Å². The van der Waals surface area contributed by atoms with Crippen LogP contribution < -0.4 is 21.9 Å². The van der Waals surface area contributed by atoms with Crippen LogP contribution >= 0.6 is 0 Å². The van der Waals surface area contributed by atoms with E-state index in [1.54, 1.807) is 6.92 Å². The second-order valence-electron chi connectivity index (χ2n) is 6.82. The van der Waals surface area contributed by atoms with Gasteiger partial charge in [-0.05, 0) is 19.1 Å². The fraction of sp³-hybridized carbons (Fsp3) is 0.389. The second-order valence-corrected chi connectivity index (χ2v) is 6.82. The van der Waals surface area contributed by atoms with Gasteiger partial charge in [0.1, 0.15) is 5.56 Å². The highest BCUT2D eigenvalue weighted by molar-refractivity contribution is 5.70. The van der Waals surface area contributed by atoms with E-state index in [0.29, 0.717) is 12.7 Å². The smallest absolute Gasteiger partial charge is 0.397 e. The molecule has 0 aliphatic rings. The summed E-state index contributed by atoms with van der Waals surface area (Å²) in [5.74, 6) is -6.58. The molecule has 178 valence electrons. The lowest BCUT2D eigenvalue weighted by Crippen LogP contribution is -2.37. The van der Waals surface area contributed by atoms with Crippen LogP contribution in [0.5, 0.6) is 0 Å². The summed E-state index contributed by atoms with van der Waals surface area (Å²) in [7, 11) is 0.800. The van der Waals surface area contributed by atoms with Crippen molar-refractivity contribution >= 4 is 17.2 Å². The number of hydrazine groups is 1. The third-order valence-electron chi connectivity index (χ3n) is 4.35. The fourth-order valence-corrected chi connectivity index (χ4v) is 2.86. The maximum absolute atomic E-state index is 14.6. The number of aromatic nitrogens is 2. The molecule has 0 saturated carbocycles. The zero-order valence-corrected chi connectivity index (χ0v) is 17.0. The van der Waals surface area contributed by atoms with Crippen molar-refractivity contribution in [3.63, 3.8) is 0 Å². The molecule has 14 heteroatoms. The number of alkyl halides is 7. The Balaban J connectivity index is 2.65. The van der Waals surface area contributed by atoms with Gasteiger partial charge in [0.25, 0.3) is 0 Å². The number of hydrogen-bond acceptors (Lipinski definition) is 5. The predicted octanol–water partition coefficient (Wildman–Crippen LogP) is 4.39. The maximum atomic E-state index is 14.6. The van der Waals surface area contributed by atoms with E-state index in [4.69, 9.17) is 11.6 Å². The van der Waals surface area contributed by atoms with Gasteiger partial charge in [-0.3, -0.25) is 9.69 Å².